The maximum atomic E-state index is 9.40. The van der Waals surface area contributed by atoms with Crippen LogP contribution in [0.3, 0.4) is 0 Å². The molecule has 0 amide bonds. The average Bonchev–Trinajstić information content (AvgIpc) is 2.26. The molecular weight excluding hydrogens is 200 g/mol. The van der Waals surface area contributed by atoms with Crippen LogP contribution in [0.1, 0.15) is 18.1 Å². The molecule has 2 atom stereocenters. The van der Waals surface area contributed by atoms with Crippen molar-refractivity contribution >= 4 is 0 Å². The third kappa shape index (κ3) is 3.95. The molecule has 2 nitrogen and oxygen atoms in total. The Kier molecular flexibility index (Phi) is 5.50. The molecule has 0 saturated heterocycles. The molecule has 0 radical (unpaired) electrons. The van der Waals surface area contributed by atoms with Crippen molar-refractivity contribution in [3.8, 4) is 0 Å². The molecule has 0 spiro atoms. The van der Waals surface area contributed by atoms with Gasteiger partial charge in [-0.25, -0.2) is 0 Å². The lowest BCUT2D eigenvalue weighted by molar-refractivity contribution is 0.0983. The lowest BCUT2D eigenvalue weighted by Gasteiger charge is -2.21. The maximum absolute atomic E-state index is 9.40. The second-order valence-electron chi connectivity index (χ2n) is 4.57. The van der Waals surface area contributed by atoms with Gasteiger partial charge >= 0.3 is 0 Å². The van der Waals surface area contributed by atoms with Gasteiger partial charge in [-0.3, -0.25) is 0 Å². The van der Waals surface area contributed by atoms with Crippen molar-refractivity contribution in [1.29, 1.82) is 0 Å². The van der Waals surface area contributed by atoms with Gasteiger partial charge in [0.2, 0.25) is 0 Å². The number of aliphatic hydroxyl groups excluding tert-OH is 1. The van der Waals surface area contributed by atoms with Crippen LogP contribution in [0.2, 0.25) is 0 Å². The van der Waals surface area contributed by atoms with E-state index < -0.39 is 0 Å². The van der Waals surface area contributed by atoms with Crippen molar-refractivity contribution in [2.45, 2.75) is 20.3 Å². The number of ether oxygens (including phenoxy) is 1. The first-order valence-corrected chi connectivity index (χ1v) is 5.82. The zero-order chi connectivity index (χ0) is 12.0. The normalized spacial score (nSPS) is 14.8. The summed E-state index contributed by atoms with van der Waals surface area (Å²) in [6.45, 7) is 5.14. The first kappa shape index (κ1) is 13.2. The molecule has 1 N–H and O–H groups in total. The van der Waals surface area contributed by atoms with Gasteiger partial charge in [-0.15, -0.1) is 0 Å². The molecule has 0 bridgehead atoms. The number of hydrogen-bond acceptors (Lipinski definition) is 2. The highest BCUT2D eigenvalue weighted by molar-refractivity contribution is 5.22. The molecule has 1 rings (SSSR count). The van der Waals surface area contributed by atoms with Crippen LogP contribution in [0.5, 0.6) is 0 Å². The Morgan fingerprint density at radius 2 is 2.12 bits per heavy atom. The van der Waals surface area contributed by atoms with E-state index in [1.54, 1.807) is 7.11 Å². The molecule has 0 saturated carbocycles. The van der Waals surface area contributed by atoms with Gasteiger partial charge in [-0.2, -0.15) is 0 Å². The minimum absolute atomic E-state index is 0.221. The van der Waals surface area contributed by atoms with E-state index in [2.05, 4.69) is 38.1 Å². The van der Waals surface area contributed by atoms with E-state index in [-0.39, 0.29) is 12.5 Å². The third-order valence-corrected chi connectivity index (χ3v) is 3.05. The molecule has 1 aromatic carbocycles. The van der Waals surface area contributed by atoms with Crippen LogP contribution >= 0.6 is 0 Å². The van der Waals surface area contributed by atoms with Gasteiger partial charge in [0.05, 0.1) is 0 Å². The summed E-state index contributed by atoms with van der Waals surface area (Å²) in [6, 6.07) is 8.47. The zero-order valence-corrected chi connectivity index (χ0v) is 10.4. The Morgan fingerprint density at radius 3 is 2.69 bits per heavy atom. The number of benzene rings is 1. The summed E-state index contributed by atoms with van der Waals surface area (Å²) in [5.41, 5.74) is 2.57. The van der Waals surface area contributed by atoms with Crippen LogP contribution in [0.15, 0.2) is 24.3 Å². The summed E-state index contributed by atoms with van der Waals surface area (Å²) in [7, 11) is 1.71. The van der Waals surface area contributed by atoms with Crippen LogP contribution in [0, 0.1) is 18.8 Å². The topological polar surface area (TPSA) is 29.5 Å². The van der Waals surface area contributed by atoms with Crippen molar-refractivity contribution in [3.63, 3.8) is 0 Å². The summed E-state index contributed by atoms with van der Waals surface area (Å²) in [5, 5.41) is 9.40. The lowest BCUT2D eigenvalue weighted by Crippen LogP contribution is -2.22. The molecule has 0 heterocycles. The Hall–Kier alpha value is -0.860. The predicted octanol–water partition coefficient (Wildman–Crippen LogP) is 2.43. The molecule has 16 heavy (non-hydrogen) atoms. The maximum Gasteiger partial charge on any atom is 0.0491 e. The SMILES string of the molecule is COCC(C)C(CO)Cc1cccc(C)c1. The highest BCUT2D eigenvalue weighted by Crippen LogP contribution is 2.18. The molecule has 2 unspecified atom stereocenters. The van der Waals surface area contributed by atoms with Crippen LogP contribution in [-0.2, 0) is 11.2 Å². The number of methoxy groups -OCH3 is 1. The molecular formula is C14H22O2. The number of rotatable bonds is 6. The van der Waals surface area contributed by atoms with E-state index >= 15 is 0 Å². The summed E-state index contributed by atoms with van der Waals surface area (Å²) >= 11 is 0. The minimum Gasteiger partial charge on any atom is -0.396 e. The first-order valence-electron chi connectivity index (χ1n) is 5.82. The molecule has 0 aliphatic heterocycles. The monoisotopic (exact) mass is 222 g/mol. The fourth-order valence-corrected chi connectivity index (χ4v) is 1.99. The Bertz CT molecular complexity index is 309. The van der Waals surface area contributed by atoms with Crippen molar-refractivity contribution in [3.05, 3.63) is 35.4 Å². The second kappa shape index (κ2) is 6.66. The van der Waals surface area contributed by atoms with E-state index in [9.17, 15) is 5.11 Å². The summed E-state index contributed by atoms with van der Waals surface area (Å²) < 4.78 is 5.14. The van der Waals surface area contributed by atoms with E-state index in [1.165, 1.54) is 11.1 Å². The molecule has 1 aromatic rings. The molecule has 0 aromatic heterocycles. The van der Waals surface area contributed by atoms with E-state index in [4.69, 9.17) is 4.74 Å². The van der Waals surface area contributed by atoms with Gasteiger partial charge in [-0.1, -0.05) is 36.8 Å². The van der Waals surface area contributed by atoms with Gasteiger partial charge < -0.3 is 9.84 Å². The zero-order valence-electron chi connectivity index (χ0n) is 10.4. The van der Waals surface area contributed by atoms with E-state index in [0.29, 0.717) is 12.5 Å². The van der Waals surface area contributed by atoms with Gasteiger partial charge in [0.15, 0.2) is 0 Å². The van der Waals surface area contributed by atoms with E-state index in [1.807, 2.05) is 0 Å². The van der Waals surface area contributed by atoms with Crippen LogP contribution in [0.4, 0.5) is 0 Å². The molecule has 0 fully saturated rings. The fourth-order valence-electron chi connectivity index (χ4n) is 1.99. The Morgan fingerprint density at radius 1 is 1.38 bits per heavy atom. The standard InChI is InChI=1S/C14H22O2/c1-11-5-4-6-13(7-11)8-14(9-15)12(2)10-16-3/h4-7,12,14-15H,8-10H2,1-3H3. The van der Waals surface area contributed by atoms with Crippen LogP contribution in [-0.4, -0.2) is 25.4 Å². The summed E-state index contributed by atoms with van der Waals surface area (Å²) in [5.74, 6) is 0.664. The van der Waals surface area contributed by atoms with Gasteiger partial charge in [0.25, 0.3) is 0 Å². The summed E-state index contributed by atoms with van der Waals surface area (Å²) in [4.78, 5) is 0. The fraction of sp³-hybridized carbons (Fsp3) is 0.571. The first-order chi connectivity index (χ1) is 7.67. The smallest absolute Gasteiger partial charge is 0.0491 e. The van der Waals surface area contributed by atoms with Gasteiger partial charge in [-0.05, 0) is 30.7 Å². The number of aliphatic hydroxyl groups is 1. The molecule has 2 heteroatoms. The average molecular weight is 222 g/mol. The minimum atomic E-state index is 0.221. The number of aryl methyl sites for hydroxylation is 1. The molecule has 90 valence electrons. The highest BCUT2D eigenvalue weighted by atomic mass is 16.5. The van der Waals surface area contributed by atoms with Crippen molar-refractivity contribution < 1.29 is 9.84 Å². The van der Waals surface area contributed by atoms with Crippen molar-refractivity contribution in [2.24, 2.45) is 11.8 Å². The predicted molar refractivity (Wildman–Crippen MR) is 66.5 cm³/mol. The molecule has 0 aliphatic rings. The second-order valence-corrected chi connectivity index (χ2v) is 4.57. The quantitative estimate of drug-likeness (QED) is 0.801. The van der Waals surface area contributed by atoms with Crippen LogP contribution in [0.25, 0.3) is 0 Å². The number of hydrogen-bond donors (Lipinski definition) is 1. The van der Waals surface area contributed by atoms with Crippen molar-refractivity contribution in [2.75, 3.05) is 20.3 Å². The van der Waals surface area contributed by atoms with E-state index in [0.717, 1.165) is 6.42 Å². The molecule has 0 aliphatic carbocycles. The largest absolute Gasteiger partial charge is 0.396 e. The lowest BCUT2D eigenvalue weighted by atomic mass is 9.89. The summed E-state index contributed by atoms with van der Waals surface area (Å²) in [6.07, 6.45) is 0.919. The Labute approximate surface area is 98.3 Å². The van der Waals surface area contributed by atoms with Crippen molar-refractivity contribution in [1.82, 2.24) is 0 Å². The van der Waals surface area contributed by atoms with Gasteiger partial charge in [0.1, 0.15) is 0 Å². The Balaban J connectivity index is 2.62. The van der Waals surface area contributed by atoms with Crippen LogP contribution < -0.4 is 0 Å². The highest BCUT2D eigenvalue weighted by Gasteiger charge is 2.16. The third-order valence-electron chi connectivity index (χ3n) is 3.05. The van der Waals surface area contributed by atoms with Gasteiger partial charge in [0, 0.05) is 20.3 Å².